The fourth-order valence-electron chi connectivity index (χ4n) is 4.06. The highest BCUT2D eigenvalue weighted by molar-refractivity contribution is 7.98. The number of piperidine rings is 1. The Morgan fingerprint density at radius 1 is 1.32 bits per heavy atom. The van der Waals surface area contributed by atoms with Crippen LogP contribution in [-0.4, -0.2) is 40.5 Å². The lowest BCUT2D eigenvalue weighted by Gasteiger charge is -2.43. The van der Waals surface area contributed by atoms with E-state index in [0.29, 0.717) is 17.6 Å². The number of thioether (sulfide) groups is 1. The quantitative estimate of drug-likeness (QED) is 0.855. The molecule has 0 amide bonds. The normalized spacial score (nSPS) is 30.7. The molecule has 4 nitrogen and oxygen atoms in total. The molecule has 3 rings (SSSR count). The van der Waals surface area contributed by atoms with Gasteiger partial charge in [0.05, 0.1) is 17.0 Å². The zero-order valence-corrected chi connectivity index (χ0v) is 13.6. The van der Waals surface area contributed by atoms with Crippen LogP contribution in [-0.2, 0) is 5.41 Å². The van der Waals surface area contributed by atoms with E-state index in [-0.39, 0.29) is 0 Å². The number of pyridine rings is 1. The minimum absolute atomic E-state index is 0.471. The van der Waals surface area contributed by atoms with Gasteiger partial charge in [-0.1, -0.05) is 0 Å². The molecule has 2 fully saturated rings. The van der Waals surface area contributed by atoms with Crippen molar-refractivity contribution >= 4 is 11.8 Å². The van der Waals surface area contributed by atoms with E-state index in [1.807, 2.05) is 17.8 Å². The molecule has 3 heterocycles. The predicted octanol–water partition coefficient (Wildman–Crippen LogP) is 2.70. The predicted molar refractivity (Wildman–Crippen MR) is 87.4 cm³/mol. The molecule has 3 atom stereocenters. The Hall–Kier alpha value is -1.56. The summed E-state index contributed by atoms with van der Waals surface area (Å²) in [6, 6.07) is 7.57. The first-order valence-electron chi connectivity index (χ1n) is 7.74. The molecule has 5 heteroatoms. The Bertz CT molecular complexity index is 616. The maximum Gasteiger partial charge on any atom is 0.101 e. The van der Waals surface area contributed by atoms with Crippen molar-refractivity contribution in [2.75, 3.05) is 18.6 Å². The molecule has 0 saturated carbocycles. The summed E-state index contributed by atoms with van der Waals surface area (Å²) in [4.78, 5) is 6.78. The molecule has 1 aromatic heterocycles. The van der Waals surface area contributed by atoms with Crippen molar-refractivity contribution < 1.29 is 0 Å². The van der Waals surface area contributed by atoms with Crippen LogP contribution in [0.3, 0.4) is 0 Å². The smallest absolute Gasteiger partial charge is 0.101 e. The van der Waals surface area contributed by atoms with Crippen molar-refractivity contribution in [2.45, 2.75) is 43.2 Å². The van der Waals surface area contributed by atoms with Gasteiger partial charge in [-0.25, -0.2) is 0 Å². The summed E-state index contributed by atoms with van der Waals surface area (Å²) < 4.78 is 0. The van der Waals surface area contributed by atoms with Gasteiger partial charge >= 0.3 is 0 Å². The van der Waals surface area contributed by atoms with E-state index in [0.717, 1.165) is 30.7 Å². The van der Waals surface area contributed by atoms with Gasteiger partial charge in [0.2, 0.25) is 0 Å². The lowest BCUT2D eigenvalue weighted by molar-refractivity contribution is 0.113. The van der Waals surface area contributed by atoms with Crippen LogP contribution in [0.2, 0.25) is 0 Å². The number of nitrogens with zero attached hydrogens (tertiary/aromatic N) is 4. The van der Waals surface area contributed by atoms with Crippen LogP contribution in [0.5, 0.6) is 0 Å². The number of nitriles is 2. The summed E-state index contributed by atoms with van der Waals surface area (Å²) in [6.45, 7) is 1.12. The summed E-state index contributed by atoms with van der Waals surface area (Å²) in [7, 11) is 0. The van der Waals surface area contributed by atoms with Gasteiger partial charge in [0.15, 0.2) is 0 Å². The van der Waals surface area contributed by atoms with Gasteiger partial charge in [-0.2, -0.15) is 22.3 Å². The summed E-state index contributed by atoms with van der Waals surface area (Å²) in [5, 5.41) is 19.0. The molecule has 2 bridgehead atoms. The van der Waals surface area contributed by atoms with Crippen LogP contribution in [0.25, 0.3) is 0 Å². The Labute approximate surface area is 136 Å². The number of fused-ring (bicyclic) bond motifs is 2. The van der Waals surface area contributed by atoms with Crippen molar-refractivity contribution in [3.63, 3.8) is 0 Å². The van der Waals surface area contributed by atoms with E-state index in [2.05, 4.69) is 28.3 Å². The van der Waals surface area contributed by atoms with Gasteiger partial charge in [0, 0.05) is 36.8 Å². The fraction of sp³-hybridized carbons (Fsp3) is 0.588. The second-order valence-electron chi connectivity index (χ2n) is 6.29. The van der Waals surface area contributed by atoms with Gasteiger partial charge in [-0.15, -0.1) is 0 Å². The topological polar surface area (TPSA) is 63.7 Å². The van der Waals surface area contributed by atoms with E-state index in [4.69, 9.17) is 5.26 Å². The van der Waals surface area contributed by atoms with Crippen LogP contribution < -0.4 is 0 Å². The third-order valence-corrected chi connectivity index (χ3v) is 5.72. The zero-order chi connectivity index (χ0) is 15.6. The zero-order valence-electron chi connectivity index (χ0n) is 12.8. The SMILES string of the molecule is CSCCN1[C@@H]2CC[C@H]1C[C@@](C#N)(c1cncc(C#N)c1)C2. The van der Waals surface area contributed by atoms with Gasteiger partial charge < -0.3 is 0 Å². The third-order valence-electron chi connectivity index (χ3n) is 5.13. The van der Waals surface area contributed by atoms with Crippen LogP contribution in [0.4, 0.5) is 0 Å². The van der Waals surface area contributed by atoms with Crippen molar-refractivity contribution in [3.8, 4) is 12.1 Å². The molecule has 2 aliphatic heterocycles. The molecule has 0 N–H and O–H groups in total. The summed E-state index contributed by atoms with van der Waals surface area (Å²) in [5.41, 5.74) is 1.00. The Morgan fingerprint density at radius 2 is 2.05 bits per heavy atom. The highest BCUT2D eigenvalue weighted by atomic mass is 32.2. The second kappa shape index (κ2) is 6.28. The molecular weight excluding hydrogens is 292 g/mol. The van der Waals surface area contributed by atoms with Gasteiger partial charge in [0.1, 0.15) is 6.07 Å². The Balaban J connectivity index is 1.88. The van der Waals surface area contributed by atoms with Gasteiger partial charge in [-0.3, -0.25) is 9.88 Å². The number of hydrogen-bond acceptors (Lipinski definition) is 5. The van der Waals surface area contributed by atoms with Crippen molar-refractivity contribution in [1.29, 1.82) is 10.5 Å². The van der Waals surface area contributed by atoms with E-state index >= 15 is 0 Å². The van der Waals surface area contributed by atoms with E-state index in [9.17, 15) is 5.26 Å². The molecule has 114 valence electrons. The fourth-order valence-corrected chi connectivity index (χ4v) is 4.45. The lowest BCUT2D eigenvalue weighted by atomic mass is 9.71. The number of hydrogen-bond donors (Lipinski definition) is 0. The number of rotatable bonds is 4. The molecule has 0 unspecified atom stereocenters. The Kier molecular flexibility index (Phi) is 4.38. The molecule has 0 aliphatic carbocycles. The average Bonchev–Trinajstić information content (AvgIpc) is 2.81. The van der Waals surface area contributed by atoms with E-state index < -0.39 is 5.41 Å². The maximum atomic E-state index is 9.90. The minimum Gasteiger partial charge on any atom is -0.296 e. The van der Waals surface area contributed by atoms with E-state index in [1.165, 1.54) is 12.8 Å². The summed E-state index contributed by atoms with van der Waals surface area (Å²) >= 11 is 1.88. The standard InChI is InChI=1S/C17H20N4S/c1-22-5-4-21-15-2-3-16(21)8-17(7-15,12-19)14-6-13(9-18)10-20-11-14/h6,10-11,15-16H,2-5,7-8H2,1H3/t15-,16+,17+. The molecule has 0 aromatic carbocycles. The van der Waals surface area contributed by atoms with Gasteiger partial charge in [-0.05, 0) is 43.6 Å². The maximum absolute atomic E-state index is 9.90. The third kappa shape index (κ3) is 2.60. The highest BCUT2D eigenvalue weighted by Gasteiger charge is 2.49. The molecule has 2 aliphatic rings. The van der Waals surface area contributed by atoms with Crippen LogP contribution in [0.15, 0.2) is 18.5 Å². The second-order valence-corrected chi connectivity index (χ2v) is 7.28. The largest absolute Gasteiger partial charge is 0.296 e. The van der Waals surface area contributed by atoms with Gasteiger partial charge in [0.25, 0.3) is 0 Å². The van der Waals surface area contributed by atoms with Crippen molar-refractivity contribution in [1.82, 2.24) is 9.88 Å². The first kappa shape index (κ1) is 15.3. The first-order chi connectivity index (χ1) is 10.7. The van der Waals surface area contributed by atoms with Crippen molar-refractivity contribution in [2.24, 2.45) is 0 Å². The summed E-state index contributed by atoms with van der Waals surface area (Å²) in [6.07, 6.45) is 9.60. The number of aromatic nitrogens is 1. The Morgan fingerprint density at radius 3 is 2.64 bits per heavy atom. The molecule has 0 spiro atoms. The van der Waals surface area contributed by atoms with Crippen LogP contribution >= 0.6 is 11.8 Å². The molecule has 0 radical (unpaired) electrons. The average molecular weight is 312 g/mol. The van der Waals surface area contributed by atoms with Crippen LogP contribution in [0.1, 0.15) is 36.8 Å². The summed E-state index contributed by atoms with van der Waals surface area (Å²) in [5.74, 6) is 1.15. The lowest BCUT2D eigenvalue weighted by Crippen LogP contribution is -2.49. The molecular formula is C17H20N4S. The highest BCUT2D eigenvalue weighted by Crippen LogP contribution is 2.46. The van der Waals surface area contributed by atoms with Crippen molar-refractivity contribution in [3.05, 3.63) is 29.6 Å². The minimum atomic E-state index is -0.471. The van der Waals surface area contributed by atoms with E-state index in [1.54, 1.807) is 12.4 Å². The first-order valence-corrected chi connectivity index (χ1v) is 9.13. The van der Waals surface area contributed by atoms with Crippen LogP contribution in [0, 0.1) is 22.7 Å². The molecule has 22 heavy (non-hydrogen) atoms. The monoisotopic (exact) mass is 312 g/mol. The molecule has 1 aromatic rings. The molecule has 2 saturated heterocycles.